The lowest BCUT2D eigenvalue weighted by atomic mass is 9.95. The number of amides is 2. The molecule has 2 amide bonds. The first-order valence-electron chi connectivity index (χ1n) is 8.57. The molecule has 146 valence electrons. The number of nitro groups is 1. The molecule has 9 nitrogen and oxygen atoms in total. The lowest BCUT2D eigenvalue weighted by molar-refractivity contribution is -0.384. The number of hydrogen-bond donors (Lipinski definition) is 2. The lowest BCUT2D eigenvalue weighted by Crippen LogP contribution is -2.24. The van der Waals surface area contributed by atoms with E-state index in [1.807, 2.05) is 0 Å². The summed E-state index contributed by atoms with van der Waals surface area (Å²) in [5.74, 6) is -0.477. The Hall–Kier alpha value is -3.27. The summed E-state index contributed by atoms with van der Waals surface area (Å²) in [6, 6.07) is 5.23. The minimum atomic E-state index is -0.620. The fourth-order valence-corrected chi connectivity index (χ4v) is 4.26. The van der Waals surface area contributed by atoms with Gasteiger partial charge in [0, 0.05) is 22.6 Å². The van der Waals surface area contributed by atoms with E-state index in [1.54, 1.807) is 6.07 Å². The largest absolute Gasteiger partial charge is 0.465 e. The molecule has 0 unspecified atom stereocenters. The van der Waals surface area contributed by atoms with Crippen LogP contribution >= 0.6 is 11.3 Å². The Bertz CT molecular complexity index is 953. The molecular formula is C18H18N4O5S. The smallest absolute Gasteiger partial charge is 0.341 e. The molecule has 0 aliphatic heterocycles. The summed E-state index contributed by atoms with van der Waals surface area (Å²) in [7, 11) is 1.31. The molecule has 1 aromatic heterocycles. The molecule has 1 heterocycles. The van der Waals surface area contributed by atoms with Crippen LogP contribution in [0.3, 0.4) is 0 Å². The number of urea groups is 1. The number of anilines is 1. The van der Waals surface area contributed by atoms with Crippen LogP contribution in [0.25, 0.3) is 0 Å². The molecule has 1 aliphatic carbocycles. The Labute approximate surface area is 164 Å². The van der Waals surface area contributed by atoms with Gasteiger partial charge < -0.3 is 4.74 Å². The topological polar surface area (TPSA) is 123 Å². The van der Waals surface area contributed by atoms with E-state index in [9.17, 15) is 19.7 Å². The summed E-state index contributed by atoms with van der Waals surface area (Å²) in [6.07, 6.45) is 5.00. The van der Waals surface area contributed by atoms with Crippen molar-refractivity contribution in [2.24, 2.45) is 5.10 Å². The number of non-ortho nitro benzene ring substituents is 1. The number of nitro benzene ring substituents is 1. The van der Waals surface area contributed by atoms with Crippen molar-refractivity contribution >= 4 is 40.2 Å². The van der Waals surface area contributed by atoms with Gasteiger partial charge in [0.2, 0.25) is 0 Å². The highest BCUT2D eigenvalue weighted by Gasteiger charge is 2.26. The zero-order chi connectivity index (χ0) is 20.1. The van der Waals surface area contributed by atoms with Crippen molar-refractivity contribution in [3.63, 3.8) is 0 Å². The van der Waals surface area contributed by atoms with Gasteiger partial charge in [0.05, 0.1) is 23.8 Å². The first-order valence-corrected chi connectivity index (χ1v) is 9.38. The molecule has 0 radical (unpaired) electrons. The number of nitrogens with one attached hydrogen (secondary N) is 2. The number of aryl methyl sites for hydroxylation is 1. The van der Waals surface area contributed by atoms with Gasteiger partial charge in [-0.3, -0.25) is 15.4 Å². The second kappa shape index (κ2) is 8.61. The lowest BCUT2D eigenvalue weighted by Gasteiger charge is -2.11. The van der Waals surface area contributed by atoms with E-state index in [0.29, 0.717) is 16.1 Å². The van der Waals surface area contributed by atoms with Crippen LogP contribution in [-0.4, -0.2) is 30.2 Å². The fraction of sp³-hybridized carbons (Fsp3) is 0.278. The van der Waals surface area contributed by atoms with Crippen LogP contribution in [0.5, 0.6) is 0 Å². The molecular weight excluding hydrogens is 384 g/mol. The number of benzene rings is 1. The standard InChI is InChI=1S/C18H18N4O5S/c1-27-17(23)15-13-7-2-3-8-14(13)28-16(15)20-18(24)21-19-10-11-5-4-6-12(9-11)22(25)26/h4-6,9-10H,2-3,7-8H2,1H3,(H2,20,21,24). The summed E-state index contributed by atoms with van der Waals surface area (Å²) < 4.78 is 4.86. The Kier molecular flexibility index (Phi) is 5.99. The molecule has 1 aliphatic rings. The Morgan fingerprint density at radius 2 is 2.11 bits per heavy atom. The van der Waals surface area contributed by atoms with Crippen LogP contribution in [0, 0.1) is 10.1 Å². The second-order valence-electron chi connectivity index (χ2n) is 6.08. The van der Waals surface area contributed by atoms with E-state index >= 15 is 0 Å². The third-order valence-corrected chi connectivity index (χ3v) is 5.46. The van der Waals surface area contributed by atoms with Crippen LogP contribution in [-0.2, 0) is 17.6 Å². The van der Waals surface area contributed by atoms with Crippen molar-refractivity contribution < 1.29 is 19.2 Å². The second-order valence-corrected chi connectivity index (χ2v) is 7.19. The van der Waals surface area contributed by atoms with Crippen molar-refractivity contribution in [3.8, 4) is 0 Å². The molecule has 1 aromatic carbocycles. The molecule has 0 saturated carbocycles. The molecule has 3 rings (SSSR count). The maximum absolute atomic E-state index is 12.2. The SMILES string of the molecule is COC(=O)c1c(NC(=O)NN=Cc2cccc([N+](=O)[O-])c2)sc2c1CCCC2. The minimum Gasteiger partial charge on any atom is -0.465 e. The molecule has 0 saturated heterocycles. The number of esters is 1. The van der Waals surface area contributed by atoms with Crippen LogP contribution < -0.4 is 10.7 Å². The zero-order valence-electron chi connectivity index (χ0n) is 15.1. The van der Waals surface area contributed by atoms with Crippen LogP contribution in [0.1, 0.15) is 39.2 Å². The highest BCUT2D eigenvalue weighted by Crippen LogP contribution is 2.38. The van der Waals surface area contributed by atoms with E-state index in [-0.39, 0.29) is 5.69 Å². The molecule has 0 spiro atoms. The van der Waals surface area contributed by atoms with E-state index < -0.39 is 16.9 Å². The van der Waals surface area contributed by atoms with Gasteiger partial charge in [-0.05, 0) is 31.2 Å². The predicted molar refractivity (Wildman–Crippen MR) is 105 cm³/mol. The minimum absolute atomic E-state index is 0.0692. The monoisotopic (exact) mass is 402 g/mol. The van der Waals surface area contributed by atoms with Crippen molar-refractivity contribution in [2.75, 3.05) is 12.4 Å². The van der Waals surface area contributed by atoms with Crippen molar-refractivity contribution in [1.29, 1.82) is 0 Å². The van der Waals surface area contributed by atoms with E-state index in [1.165, 1.54) is 42.9 Å². The quantitative estimate of drug-likeness (QED) is 0.343. The van der Waals surface area contributed by atoms with E-state index in [2.05, 4.69) is 15.8 Å². The maximum Gasteiger partial charge on any atom is 0.341 e. The van der Waals surface area contributed by atoms with Crippen molar-refractivity contribution in [3.05, 3.63) is 55.9 Å². The number of thiophene rings is 1. The van der Waals surface area contributed by atoms with Gasteiger partial charge in [-0.15, -0.1) is 11.3 Å². The van der Waals surface area contributed by atoms with Gasteiger partial charge in [0.25, 0.3) is 5.69 Å². The number of rotatable bonds is 5. The Morgan fingerprint density at radius 1 is 1.32 bits per heavy atom. The third-order valence-electron chi connectivity index (χ3n) is 4.25. The van der Waals surface area contributed by atoms with Crippen LogP contribution in [0.2, 0.25) is 0 Å². The first-order chi connectivity index (χ1) is 13.5. The molecule has 2 aromatic rings. The number of fused-ring (bicyclic) bond motifs is 1. The van der Waals surface area contributed by atoms with Gasteiger partial charge in [-0.25, -0.2) is 15.0 Å². The summed E-state index contributed by atoms with van der Waals surface area (Å²) >= 11 is 1.37. The van der Waals surface area contributed by atoms with Crippen LogP contribution in [0.15, 0.2) is 29.4 Å². The average molecular weight is 402 g/mol. The molecule has 28 heavy (non-hydrogen) atoms. The normalized spacial score (nSPS) is 13.0. The number of carbonyl (C=O) groups excluding carboxylic acids is 2. The van der Waals surface area contributed by atoms with Crippen molar-refractivity contribution in [2.45, 2.75) is 25.7 Å². The Balaban J connectivity index is 1.70. The third kappa shape index (κ3) is 4.34. The highest BCUT2D eigenvalue weighted by molar-refractivity contribution is 7.17. The number of hydrazone groups is 1. The fourth-order valence-electron chi connectivity index (χ4n) is 2.99. The van der Waals surface area contributed by atoms with Gasteiger partial charge in [-0.1, -0.05) is 12.1 Å². The van der Waals surface area contributed by atoms with Gasteiger partial charge in [0.15, 0.2) is 0 Å². The number of ether oxygens (including phenoxy) is 1. The number of carbonyl (C=O) groups is 2. The van der Waals surface area contributed by atoms with Gasteiger partial charge >= 0.3 is 12.0 Å². The number of methoxy groups -OCH3 is 1. The molecule has 0 atom stereocenters. The molecule has 2 N–H and O–H groups in total. The maximum atomic E-state index is 12.2. The molecule has 0 bridgehead atoms. The van der Waals surface area contributed by atoms with E-state index in [0.717, 1.165) is 36.1 Å². The number of nitrogens with zero attached hydrogens (tertiary/aromatic N) is 2. The van der Waals surface area contributed by atoms with E-state index in [4.69, 9.17) is 4.74 Å². The summed E-state index contributed by atoms with van der Waals surface area (Å²) in [5.41, 5.74) is 4.04. The molecule has 0 fully saturated rings. The zero-order valence-corrected chi connectivity index (χ0v) is 15.9. The van der Waals surface area contributed by atoms with Gasteiger partial charge in [-0.2, -0.15) is 5.10 Å². The number of hydrogen-bond acceptors (Lipinski definition) is 7. The molecule has 10 heteroatoms. The summed E-state index contributed by atoms with van der Waals surface area (Å²) in [6.45, 7) is 0. The van der Waals surface area contributed by atoms with Gasteiger partial charge in [0.1, 0.15) is 5.00 Å². The van der Waals surface area contributed by atoms with Crippen molar-refractivity contribution in [1.82, 2.24) is 5.43 Å². The first kappa shape index (κ1) is 19.5. The van der Waals surface area contributed by atoms with Crippen LogP contribution in [0.4, 0.5) is 15.5 Å². The average Bonchev–Trinajstić information content (AvgIpc) is 3.05. The predicted octanol–water partition coefficient (Wildman–Crippen LogP) is 3.48. The highest BCUT2D eigenvalue weighted by atomic mass is 32.1. The summed E-state index contributed by atoms with van der Waals surface area (Å²) in [4.78, 5) is 35.7. The Morgan fingerprint density at radius 3 is 2.86 bits per heavy atom. The summed E-state index contributed by atoms with van der Waals surface area (Å²) in [5, 5.41) is 17.6.